The molecule has 9 heteroatoms. The summed E-state index contributed by atoms with van der Waals surface area (Å²) in [6.07, 6.45) is 0.770. The van der Waals surface area contributed by atoms with Crippen LogP contribution in [0.2, 0.25) is 0 Å². The van der Waals surface area contributed by atoms with E-state index < -0.39 is 0 Å². The van der Waals surface area contributed by atoms with E-state index in [-0.39, 0.29) is 0 Å². The molecule has 0 unspecified atom stereocenters. The van der Waals surface area contributed by atoms with E-state index in [9.17, 15) is 0 Å². The normalized spacial score (nSPS) is 10.8. The Morgan fingerprint density at radius 2 is 2.08 bits per heavy atom. The quantitative estimate of drug-likeness (QED) is 0.610. The van der Waals surface area contributed by atoms with Gasteiger partial charge in [-0.2, -0.15) is 4.98 Å². The average Bonchev–Trinajstić information content (AvgIpc) is 3.27. The zero-order chi connectivity index (χ0) is 16.8. The van der Waals surface area contributed by atoms with E-state index in [0.29, 0.717) is 18.2 Å². The van der Waals surface area contributed by atoms with E-state index >= 15 is 0 Å². The van der Waals surface area contributed by atoms with E-state index in [2.05, 4.69) is 25.7 Å². The van der Waals surface area contributed by atoms with Crippen LogP contribution in [0.15, 0.2) is 33.1 Å². The number of anilines is 1. The third kappa shape index (κ3) is 4.45. The first-order valence-corrected chi connectivity index (χ1v) is 9.21. The van der Waals surface area contributed by atoms with Gasteiger partial charge in [0.1, 0.15) is 5.75 Å². The Morgan fingerprint density at radius 3 is 2.79 bits per heavy atom. The van der Waals surface area contributed by atoms with E-state index in [1.165, 1.54) is 23.1 Å². The molecular weight excluding hydrogens is 346 g/mol. The average molecular weight is 363 g/mol. The van der Waals surface area contributed by atoms with Crippen molar-refractivity contribution in [1.29, 1.82) is 0 Å². The van der Waals surface area contributed by atoms with Crippen LogP contribution in [0.4, 0.5) is 5.13 Å². The molecule has 0 aliphatic carbocycles. The molecule has 0 aliphatic rings. The van der Waals surface area contributed by atoms with E-state index in [4.69, 9.17) is 9.26 Å². The fourth-order valence-corrected chi connectivity index (χ4v) is 3.46. The molecule has 1 N–H and O–H groups in total. The number of nitrogens with one attached hydrogen (secondary N) is 1. The molecule has 0 bridgehead atoms. The number of aryl methyl sites for hydroxylation is 1. The summed E-state index contributed by atoms with van der Waals surface area (Å²) in [6, 6.07) is 7.91. The lowest BCUT2D eigenvalue weighted by atomic mass is 10.2. The maximum atomic E-state index is 5.16. The van der Waals surface area contributed by atoms with Gasteiger partial charge < -0.3 is 14.6 Å². The van der Waals surface area contributed by atoms with Crippen molar-refractivity contribution in [2.24, 2.45) is 0 Å². The molecule has 0 amide bonds. The SMILES string of the molecule is CCc1noc(CSc2nnc(NCc3ccc(OC)cc3)s2)n1. The molecule has 2 heterocycles. The van der Waals surface area contributed by atoms with Crippen LogP contribution in [0.1, 0.15) is 24.2 Å². The number of benzene rings is 1. The number of hydrogen-bond acceptors (Lipinski definition) is 9. The van der Waals surface area contributed by atoms with Crippen LogP contribution in [0, 0.1) is 0 Å². The summed E-state index contributed by atoms with van der Waals surface area (Å²) >= 11 is 3.04. The van der Waals surface area contributed by atoms with Gasteiger partial charge in [-0.25, -0.2) is 0 Å². The summed E-state index contributed by atoms with van der Waals surface area (Å²) in [5, 5.41) is 16.2. The topological polar surface area (TPSA) is 86.0 Å². The third-order valence-corrected chi connectivity index (χ3v) is 5.15. The summed E-state index contributed by atoms with van der Waals surface area (Å²) < 4.78 is 11.2. The highest BCUT2D eigenvalue weighted by atomic mass is 32.2. The molecule has 0 saturated heterocycles. The predicted molar refractivity (Wildman–Crippen MR) is 93.5 cm³/mol. The highest BCUT2D eigenvalue weighted by Gasteiger charge is 2.09. The third-order valence-electron chi connectivity index (χ3n) is 3.15. The number of thioether (sulfide) groups is 1. The Hall–Kier alpha value is -2.13. The first-order chi connectivity index (χ1) is 11.8. The summed E-state index contributed by atoms with van der Waals surface area (Å²) in [4.78, 5) is 4.27. The van der Waals surface area contributed by atoms with Crippen molar-refractivity contribution in [3.05, 3.63) is 41.5 Å². The molecule has 0 fully saturated rings. The number of methoxy groups -OCH3 is 1. The van der Waals surface area contributed by atoms with Gasteiger partial charge in [0.25, 0.3) is 0 Å². The number of rotatable bonds is 8. The van der Waals surface area contributed by atoms with Crippen molar-refractivity contribution in [3.63, 3.8) is 0 Å². The highest BCUT2D eigenvalue weighted by Crippen LogP contribution is 2.28. The van der Waals surface area contributed by atoms with Gasteiger partial charge in [-0.15, -0.1) is 10.2 Å². The second-order valence-corrected chi connectivity index (χ2v) is 7.02. The minimum absolute atomic E-state index is 0.597. The molecule has 3 rings (SSSR count). The Kier molecular flexibility index (Phi) is 5.65. The summed E-state index contributed by atoms with van der Waals surface area (Å²) in [6.45, 7) is 2.68. The highest BCUT2D eigenvalue weighted by molar-refractivity contribution is 8.00. The zero-order valence-corrected chi connectivity index (χ0v) is 15.0. The van der Waals surface area contributed by atoms with Gasteiger partial charge in [0.05, 0.1) is 12.9 Å². The van der Waals surface area contributed by atoms with Crippen LogP contribution in [-0.4, -0.2) is 27.4 Å². The molecule has 3 aromatic rings. The van der Waals surface area contributed by atoms with Crippen LogP contribution < -0.4 is 10.1 Å². The lowest BCUT2D eigenvalue weighted by molar-refractivity contribution is 0.385. The Bertz CT molecular complexity index is 772. The van der Waals surface area contributed by atoms with Crippen LogP contribution in [0.25, 0.3) is 0 Å². The number of hydrogen-bond donors (Lipinski definition) is 1. The Labute approximate surface area is 147 Å². The zero-order valence-electron chi connectivity index (χ0n) is 13.4. The molecular formula is C15H17N5O2S2. The fourth-order valence-electron chi connectivity index (χ4n) is 1.88. The molecule has 126 valence electrons. The molecule has 0 aliphatic heterocycles. The first kappa shape index (κ1) is 16.7. The molecule has 0 atom stereocenters. The van der Waals surface area contributed by atoms with Crippen LogP contribution in [-0.2, 0) is 18.7 Å². The van der Waals surface area contributed by atoms with Crippen LogP contribution in [0.3, 0.4) is 0 Å². The lowest BCUT2D eigenvalue weighted by Gasteiger charge is -2.03. The largest absolute Gasteiger partial charge is 0.497 e. The van der Waals surface area contributed by atoms with Crippen molar-refractivity contribution in [1.82, 2.24) is 20.3 Å². The first-order valence-electron chi connectivity index (χ1n) is 7.41. The molecule has 2 aromatic heterocycles. The second-order valence-electron chi connectivity index (χ2n) is 4.82. The smallest absolute Gasteiger partial charge is 0.237 e. The van der Waals surface area contributed by atoms with E-state index in [1.54, 1.807) is 7.11 Å². The molecule has 24 heavy (non-hydrogen) atoms. The maximum Gasteiger partial charge on any atom is 0.237 e. The van der Waals surface area contributed by atoms with Crippen molar-refractivity contribution < 1.29 is 9.26 Å². The lowest BCUT2D eigenvalue weighted by Crippen LogP contribution is -1.98. The van der Waals surface area contributed by atoms with Gasteiger partial charge in [-0.1, -0.05) is 47.3 Å². The number of ether oxygens (including phenoxy) is 1. The van der Waals surface area contributed by atoms with E-state index in [0.717, 1.165) is 33.0 Å². The molecule has 0 spiro atoms. The monoisotopic (exact) mass is 363 g/mol. The fraction of sp³-hybridized carbons (Fsp3) is 0.333. The van der Waals surface area contributed by atoms with Crippen molar-refractivity contribution in [3.8, 4) is 5.75 Å². The van der Waals surface area contributed by atoms with Crippen molar-refractivity contribution in [2.45, 2.75) is 30.0 Å². The maximum absolute atomic E-state index is 5.16. The van der Waals surface area contributed by atoms with Gasteiger partial charge in [-0.05, 0) is 17.7 Å². The minimum Gasteiger partial charge on any atom is -0.497 e. The number of nitrogens with zero attached hydrogens (tertiary/aromatic N) is 4. The Balaban J connectivity index is 1.49. The molecule has 7 nitrogen and oxygen atoms in total. The van der Waals surface area contributed by atoms with Gasteiger partial charge in [-0.3, -0.25) is 0 Å². The number of aromatic nitrogens is 4. The van der Waals surface area contributed by atoms with Gasteiger partial charge in [0, 0.05) is 13.0 Å². The summed E-state index contributed by atoms with van der Waals surface area (Å²) in [5.41, 5.74) is 1.15. The van der Waals surface area contributed by atoms with Crippen molar-refractivity contribution in [2.75, 3.05) is 12.4 Å². The van der Waals surface area contributed by atoms with Crippen molar-refractivity contribution >= 4 is 28.2 Å². The minimum atomic E-state index is 0.597. The molecule has 0 saturated carbocycles. The summed E-state index contributed by atoms with van der Waals surface area (Å²) in [5.74, 6) is 2.78. The van der Waals surface area contributed by atoms with Gasteiger partial charge >= 0.3 is 0 Å². The van der Waals surface area contributed by atoms with Crippen LogP contribution >= 0.6 is 23.1 Å². The second kappa shape index (κ2) is 8.11. The van der Waals surface area contributed by atoms with Crippen LogP contribution in [0.5, 0.6) is 5.75 Å². The Morgan fingerprint density at radius 1 is 1.25 bits per heavy atom. The predicted octanol–water partition coefficient (Wildman–Crippen LogP) is 3.40. The molecule has 1 aromatic carbocycles. The van der Waals surface area contributed by atoms with E-state index in [1.807, 2.05) is 31.2 Å². The standard InChI is InChI=1S/C15H17N5O2S2/c1-3-12-17-13(22-20-12)9-23-15-19-18-14(24-15)16-8-10-4-6-11(21-2)7-5-10/h4-7H,3,8-9H2,1-2H3,(H,16,18). The molecule has 0 radical (unpaired) electrons. The van der Waals surface area contributed by atoms with Gasteiger partial charge in [0.15, 0.2) is 10.2 Å². The van der Waals surface area contributed by atoms with Gasteiger partial charge in [0.2, 0.25) is 11.0 Å². The summed E-state index contributed by atoms with van der Waals surface area (Å²) in [7, 11) is 1.66.